The highest BCUT2D eigenvalue weighted by atomic mass is 16.6. The summed E-state index contributed by atoms with van der Waals surface area (Å²) in [6, 6.07) is 42.7. The molecule has 0 spiro atoms. The van der Waals surface area contributed by atoms with Gasteiger partial charge in [-0.2, -0.15) is 0 Å². The van der Waals surface area contributed by atoms with Gasteiger partial charge in [-0.05, 0) is 42.0 Å². The van der Waals surface area contributed by atoms with E-state index in [-0.39, 0.29) is 0 Å². The molecule has 0 bridgehead atoms. The summed E-state index contributed by atoms with van der Waals surface area (Å²) in [6.45, 7) is 7.50. The Morgan fingerprint density at radius 3 is 1.26 bits per heavy atom. The third kappa shape index (κ3) is 8.42. The molecule has 0 aromatic heterocycles. The molecule has 0 radical (unpaired) electrons. The van der Waals surface area contributed by atoms with Gasteiger partial charge in [-0.15, -0.1) is 0 Å². The molecule has 58 heavy (non-hydrogen) atoms. The maximum absolute atomic E-state index is 7.80. The van der Waals surface area contributed by atoms with Gasteiger partial charge in [-0.25, -0.2) is 0 Å². The summed E-state index contributed by atoms with van der Waals surface area (Å²) in [4.78, 5) is 0. The van der Waals surface area contributed by atoms with Gasteiger partial charge in [0.2, 0.25) is 0 Å². The van der Waals surface area contributed by atoms with Gasteiger partial charge in [0, 0.05) is 20.3 Å². The van der Waals surface area contributed by atoms with Crippen molar-refractivity contribution >= 4 is 0 Å². The molecule has 0 fully saturated rings. The summed E-state index contributed by atoms with van der Waals surface area (Å²) in [7, 11) is 5.40. The quantitative estimate of drug-likeness (QED) is 0.0593. The van der Waals surface area contributed by atoms with Gasteiger partial charge in [-0.1, -0.05) is 219 Å². The largest absolute Gasteiger partial charge is 0.496 e. The second kappa shape index (κ2) is 22.5. The predicted octanol–water partition coefficient (Wildman–Crippen LogP) is 13.7. The van der Waals surface area contributed by atoms with Crippen LogP contribution in [-0.2, 0) is 45.9 Å². The highest BCUT2D eigenvalue weighted by Crippen LogP contribution is 2.73. The van der Waals surface area contributed by atoms with E-state index in [0.717, 1.165) is 67.2 Å². The van der Waals surface area contributed by atoms with Crippen molar-refractivity contribution in [2.45, 2.75) is 139 Å². The number of benzene rings is 4. The third-order valence-corrected chi connectivity index (χ3v) is 12.6. The minimum atomic E-state index is -1.38. The molecule has 0 amide bonds. The topological polar surface area (TPSA) is 46.2 Å². The molecule has 1 aliphatic rings. The van der Waals surface area contributed by atoms with E-state index in [1.807, 2.05) is 7.11 Å². The van der Waals surface area contributed by atoms with Gasteiger partial charge in [0.05, 0.1) is 19.6 Å². The van der Waals surface area contributed by atoms with Crippen LogP contribution in [0.3, 0.4) is 0 Å². The zero-order valence-electron chi connectivity index (χ0n) is 36.6. The molecule has 4 aromatic carbocycles. The predicted molar refractivity (Wildman–Crippen MR) is 239 cm³/mol. The Balaban J connectivity index is 1.91. The fourth-order valence-corrected chi connectivity index (χ4v) is 10.2. The van der Waals surface area contributed by atoms with Crippen LogP contribution in [0.4, 0.5) is 0 Å². The van der Waals surface area contributed by atoms with Crippen LogP contribution < -0.4 is 0 Å². The molecule has 4 unspecified atom stereocenters. The maximum atomic E-state index is 7.80. The van der Waals surface area contributed by atoms with Crippen molar-refractivity contribution in [2.75, 3.05) is 34.5 Å². The number of ether oxygens (including phenoxy) is 5. The highest BCUT2D eigenvalue weighted by molar-refractivity contribution is 5.59. The highest BCUT2D eigenvalue weighted by Gasteiger charge is 2.81. The maximum Gasteiger partial charge on any atom is 0.189 e. The molecule has 0 N–H and O–H groups in total. The van der Waals surface area contributed by atoms with Gasteiger partial charge < -0.3 is 23.7 Å². The minimum Gasteiger partial charge on any atom is -0.496 e. The van der Waals surface area contributed by atoms with Crippen molar-refractivity contribution < 1.29 is 23.7 Å². The zero-order chi connectivity index (χ0) is 41.2. The van der Waals surface area contributed by atoms with Gasteiger partial charge in [0.25, 0.3) is 0 Å². The van der Waals surface area contributed by atoms with Crippen LogP contribution in [0.2, 0.25) is 0 Å². The summed E-state index contributed by atoms with van der Waals surface area (Å²) in [5.74, 6) is 1.31. The van der Waals surface area contributed by atoms with E-state index in [1.165, 1.54) is 51.4 Å². The monoisotopic (exact) mass is 789 g/mol. The number of hydrogen-bond donors (Lipinski definition) is 0. The molecule has 314 valence electrons. The van der Waals surface area contributed by atoms with Crippen LogP contribution in [0.1, 0.15) is 139 Å². The lowest BCUT2D eigenvalue weighted by Crippen LogP contribution is -2.75. The Bertz CT molecular complexity index is 1760. The SMILES string of the molecule is CCCCCCCCCCCCC1(c2ccccc2)C(OC)=C(OC)C(OCCCCCC)(c2ccccc2)C(OC)(c2ccccc2)C1(OCC)c1ccccc1. The first-order valence-electron chi connectivity index (χ1n) is 22.4. The molecule has 0 heterocycles. The molecule has 5 heteroatoms. The molecule has 1 aliphatic carbocycles. The van der Waals surface area contributed by atoms with Crippen LogP contribution in [0.15, 0.2) is 133 Å². The summed E-state index contributed by atoms with van der Waals surface area (Å²) in [5.41, 5.74) is -1.09. The van der Waals surface area contributed by atoms with E-state index in [1.54, 1.807) is 14.2 Å². The molecular weight excluding hydrogens is 717 g/mol. The Morgan fingerprint density at radius 2 is 0.810 bits per heavy atom. The minimum absolute atomic E-state index is 0.403. The number of methoxy groups -OCH3 is 3. The van der Waals surface area contributed by atoms with Crippen molar-refractivity contribution in [2.24, 2.45) is 0 Å². The standard InChI is InChI=1S/C53H72O5/c1-7-10-12-14-15-16-17-18-19-32-42-50(44-34-24-20-25-35-44)48(54-4)49(55-5)51(45-36-26-21-27-37-45,58-43-33-13-11-8-2)53(56-6,47-40-30-23-31-41-47)52(50,57-9-3)46-38-28-22-29-39-46/h20-31,34-41H,7-19,32-33,42-43H2,1-6H3. The summed E-state index contributed by atoms with van der Waals surface area (Å²) < 4.78 is 36.9. The lowest BCUT2D eigenvalue weighted by atomic mass is 9.45. The van der Waals surface area contributed by atoms with Crippen molar-refractivity contribution in [3.8, 4) is 0 Å². The normalized spacial score (nSPS) is 23.2. The van der Waals surface area contributed by atoms with Gasteiger partial charge in [0.1, 0.15) is 5.60 Å². The van der Waals surface area contributed by atoms with Gasteiger partial charge in [-0.3, -0.25) is 0 Å². The number of unbranched alkanes of at least 4 members (excludes halogenated alkanes) is 12. The van der Waals surface area contributed by atoms with Gasteiger partial charge in [0.15, 0.2) is 22.7 Å². The summed E-state index contributed by atoms with van der Waals surface area (Å²) >= 11 is 0. The van der Waals surface area contributed by atoms with Crippen LogP contribution in [-0.4, -0.2) is 34.5 Å². The van der Waals surface area contributed by atoms with Crippen LogP contribution in [0.5, 0.6) is 0 Å². The number of hydrogen-bond acceptors (Lipinski definition) is 5. The Labute approximate surface area is 351 Å². The molecule has 0 aliphatic heterocycles. The fraction of sp³-hybridized carbons (Fsp3) is 0.509. The Hall–Kier alpha value is -3.90. The lowest BCUT2D eigenvalue weighted by molar-refractivity contribution is -0.335. The molecule has 0 saturated heterocycles. The fourth-order valence-electron chi connectivity index (χ4n) is 10.2. The van der Waals surface area contributed by atoms with E-state index in [4.69, 9.17) is 23.7 Å². The van der Waals surface area contributed by atoms with Crippen LogP contribution >= 0.6 is 0 Å². The first kappa shape index (κ1) is 45.2. The molecule has 0 saturated carbocycles. The van der Waals surface area contributed by atoms with Crippen LogP contribution in [0, 0.1) is 0 Å². The molecule has 4 aromatic rings. The average molecular weight is 789 g/mol. The first-order valence-corrected chi connectivity index (χ1v) is 22.4. The second-order valence-electron chi connectivity index (χ2n) is 16.0. The molecule has 4 atom stereocenters. The van der Waals surface area contributed by atoms with E-state index < -0.39 is 22.2 Å². The third-order valence-electron chi connectivity index (χ3n) is 12.6. The second-order valence-corrected chi connectivity index (χ2v) is 16.0. The first-order chi connectivity index (χ1) is 28.6. The smallest absolute Gasteiger partial charge is 0.189 e. The Morgan fingerprint density at radius 1 is 0.397 bits per heavy atom. The van der Waals surface area contributed by atoms with Crippen molar-refractivity contribution in [3.63, 3.8) is 0 Å². The molecule has 5 nitrogen and oxygen atoms in total. The van der Waals surface area contributed by atoms with E-state index >= 15 is 0 Å². The molecular formula is C53H72O5. The van der Waals surface area contributed by atoms with E-state index in [2.05, 4.69) is 142 Å². The summed E-state index contributed by atoms with van der Waals surface area (Å²) in [5, 5.41) is 0. The Kier molecular flexibility index (Phi) is 17.5. The number of rotatable bonds is 26. The van der Waals surface area contributed by atoms with E-state index in [9.17, 15) is 0 Å². The zero-order valence-corrected chi connectivity index (χ0v) is 36.6. The summed E-state index contributed by atoms with van der Waals surface area (Å²) in [6.07, 6.45) is 17.3. The van der Waals surface area contributed by atoms with Crippen LogP contribution in [0.25, 0.3) is 0 Å². The van der Waals surface area contributed by atoms with Crippen molar-refractivity contribution in [1.82, 2.24) is 0 Å². The van der Waals surface area contributed by atoms with Crippen molar-refractivity contribution in [1.29, 1.82) is 0 Å². The molecule has 5 rings (SSSR count). The average Bonchev–Trinajstić information content (AvgIpc) is 3.28. The van der Waals surface area contributed by atoms with Gasteiger partial charge >= 0.3 is 0 Å². The van der Waals surface area contributed by atoms with Crippen molar-refractivity contribution in [3.05, 3.63) is 155 Å². The van der Waals surface area contributed by atoms with E-state index in [0.29, 0.717) is 24.7 Å². The lowest BCUT2D eigenvalue weighted by Gasteiger charge is -2.67.